The first-order valence-corrected chi connectivity index (χ1v) is 7.35. The van der Waals surface area contributed by atoms with Crippen LogP contribution in [0.2, 0.25) is 0 Å². The van der Waals surface area contributed by atoms with Crippen LogP contribution in [0, 0.1) is 6.92 Å². The average molecular weight is 267 g/mol. The van der Waals surface area contributed by atoms with E-state index in [2.05, 4.69) is 54.3 Å². The van der Waals surface area contributed by atoms with Crippen LogP contribution in [-0.4, -0.2) is 18.3 Å². The van der Waals surface area contributed by atoms with Gasteiger partial charge in [0.2, 0.25) is 0 Å². The average Bonchev–Trinajstić information content (AvgIpc) is 2.62. The molecule has 0 aliphatic carbocycles. The van der Waals surface area contributed by atoms with E-state index in [0.717, 1.165) is 25.8 Å². The maximum atomic E-state index is 9.19. The molecule has 0 radical (unpaired) electrons. The van der Waals surface area contributed by atoms with Gasteiger partial charge in [-0.25, -0.2) is 0 Å². The zero-order valence-electron chi connectivity index (χ0n) is 12.0. The van der Waals surface area contributed by atoms with Gasteiger partial charge in [-0.1, -0.05) is 30.3 Å². The normalized spacial score (nSPS) is 13.6. The number of nitrogens with zero attached hydrogens (tertiary/aromatic N) is 1. The van der Waals surface area contributed by atoms with E-state index in [0.29, 0.717) is 0 Å². The summed E-state index contributed by atoms with van der Waals surface area (Å²) in [4.78, 5) is 2.38. The lowest BCUT2D eigenvalue weighted by molar-refractivity contribution is 0.291. The van der Waals surface area contributed by atoms with E-state index in [1.54, 1.807) is 0 Å². The molecule has 104 valence electrons. The van der Waals surface area contributed by atoms with Gasteiger partial charge in [-0.15, -0.1) is 0 Å². The van der Waals surface area contributed by atoms with Gasteiger partial charge in [-0.2, -0.15) is 0 Å². The number of anilines is 2. The Labute approximate surface area is 120 Å². The number of aliphatic hydroxyl groups is 1. The van der Waals surface area contributed by atoms with Gasteiger partial charge in [-0.3, -0.25) is 0 Å². The van der Waals surface area contributed by atoms with E-state index in [1.165, 1.54) is 28.1 Å². The van der Waals surface area contributed by atoms with Crippen molar-refractivity contribution in [3.8, 4) is 0 Å². The second kappa shape index (κ2) is 5.68. The predicted octanol–water partition coefficient (Wildman–Crippen LogP) is 3.61. The lowest BCUT2D eigenvalue weighted by Gasteiger charge is -2.27. The monoisotopic (exact) mass is 267 g/mol. The summed E-state index contributed by atoms with van der Waals surface area (Å²) < 4.78 is 0. The maximum Gasteiger partial charge on any atom is 0.0448 e. The maximum absolute atomic E-state index is 9.19. The van der Waals surface area contributed by atoms with Crippen molar-refractivity contribution in [2.45, 2.75) is 26.2 Å². The molecule has 20 heavy (non-hydrogen) atoms. The van der Waals surface area contributed by atoms with Crippen LogP contribution in [0.15, 0.2) is 42.5 Å². The zero-order valence-corrected chi connectivity index (χ0v) is 12.0. The predicted molar refractivity (Wildman–Crippen MR) is 83.7 cm³/mol. The van der Waals surface area contributed by atoms with Gasteiger partial charge in [0.1, 0.15) is 0 Å². The lowest BCUT2D eigenvalue weighted by Crippen LogP contribution is -2.20. The van der Waals surface area contributed by atoms with Crippen molar-refractivity contribution in [2.75, 3.05) is 18.1 Å². The minimum Gasteiger partial charge on any atom is -0.396 e. The Morgan fingerprint density at radius 1 is 1.00 bits per heavy atom. The van der Waals surface area contributed by atoms with E-state index in [1.807, 2.05) is 0 Å². The van der Waals surface area contributed by atoms with Crippen molar-refractivity contribution < 1.29 is 5.11 Å². The fraction of sp³-hybridized carbons (Fsp3) is 0.333. The highest BCUT2D eigenvalue weighted by Gasteiger charge is 2.19. The summed E-state index contributed by atoms with van der Waals surface area (Å²) in [6.45, 7) is 3.24. The molecule has 0 fully saturated rings. The number of hydrogen-bond acceptors (Lipinski definition) is 2. The Morgan fingerprint density at radius 3 is 2.55 bits per heavy atom. The van der Waals surface area contributed by atoms with Gasteiger partial charge in [0, 0.05) is 24.5 Å². The van der Waals surface area contributed by atoms with Crippen molar-refractivity contribution in [1.29, 1.82) is 0 Å². The first kappa shape index (κ1) is 13.2. The molecule has 2 nitrogen and oxygen atoms in total. The third-order valence-corrected chi connectivity index (χ3v) is 4.02. The molecule has 0 bridgehead atoms. The topological polar surface area (TPSA) is 23.5 Å². The van der Waals surface area contributed by atoms with Crippen LogP contribution in [0.4, 0.5) is 11.4 Å². The van der Waals surface area contributed by atoms with Crippen LogP contribution in [0.3, 0.4) is 0 Å². The zero-order chi connectivity index (χ0) is 13.9. The van der Waals surface area contributed by atoms with Gasteiger partial charge in [0.15, 0.2) is 0 Å². The van der Waals surface area contributed by atoms with E-state index in [9.17, 15) is 5.11 Å². The van der Waals surface area contributed by atoms with Crippen molar-refractivity contribution in [1.82, 2.24) is 0 Å². The summed E-state index contributed by atoms with van der Waals surface area (Å²) in [6, 6.07) is 15.4. The molecular weight excluding hydrogens is 246 g/mol. The van der Waals surface area contributed by atoms with Gasteiger partial charge in [-0.05, 0) is 55.0 Å². The highest BCUT2D eigenvalue weighted by molar-refractivity contribution is 5.71. The fourth-order valence-electron chi connectivity index (χ4n) is 2.99. The largest absolute Gasteiger partial charge is 0.396 e. The molecule has 2 aromatic rings. The smallest absolute Gasteiger partial charge is 0.0448 e. The van der Waals surface area contributed by atoms with Crippen molar-refractivity contribution in [3.63, 3.8) is 0 Å². The summed E-state index contributed by atoms with van der Waals surface area (Å²) in [7, 11) is 0. The number of benzene rings is 2. The van der Waals surface area contributed by atoms with Crippen molar-refractivity contribution >= 4 is 11.4 Å². The minimum absolute atomic E-state index is 0.236. The highest BCUT2D eigenvalue weighted by atomic mass is 16.3. The number of aliphatic hydroxyl groups excluding tert-OH is 1. The summed E-state index contributed by atoms with van der Waals surface area (Å²) in [5.41, 5.74) is 6.70. The van der Waals surface area contributed by atoms with Crippen LogP contribution in [0.5, 0.6) is 0 Å². The summed E-state index contributed by atoms with van der Waals surface area (Å²) in [5.74, 6) is 0. The van der Waals surface area contributed by atoms with Gasteiger partial charge >= 0.3 is 0 Å². The fourth-order valence-corrected chi connectivity index (χ4v) is 2.99. The first-order valence-electron chi connectivity index (χ1n) is 7.35. The second-order valence-electron chi connectivity index (χ2n) is 5.49. The Hall–Kier alpha value is -1.80. The van der Waals surface area contributed by atoms with Crippen LogP contribution >= 0.6 is 0 Å². The number of hydrogen-bond donors (Lipinski definition) is 1. The molecule has 0 unspecified atom stereocenters. The molecule has 1 N–H and O–H groups in total. The third kappa shape index (κ3) is 2.44. The molecule has 0 amide bonds. The van der Waals surface area contributed by atoms with Crippen LogP contribution in [-0.2, 0) is 12.8 Å². The molecule has 2 aromatic carbocycles. The molecule has 2 heteroatoms. The van der Waals surface area contributed by atoms with Gasteiger partial charge < -0.3 is 10.0 Å². The Morgan fingerprint density at radius 2 is 1.75 bits per heavy atom. The van der Waals surface area contributed by atoms with Crippen LogP contribution in [0.25, 0.3) is 0 Å². The van der Waals surface area contributed by atoms with Crippen LogP contribution in [0.1, 0.15) is 23.1 Å². The van der Waals surface area contributed by atoms with E-state index in [-0.39, 0.29) is 6.61 Å². The molecule has 0 atom stereocenters. The summed E-state index contributed by atoms with van der Waals surface area (Å²) >= 11 is 0. The van der Waals surface area contributed by atoms with E-state index >= 15 is 0 Å². The first-order chi connectivity index (χ1) is 9.79. The van der Waals surface area contributed by atoms with Crippen molar-refractivity contribution in [2.24, 2.45) is 0 Å². The number of rotatable bonds is 3. The lowest BCUT2D eigenvalue weighted by atomic mass is 10.0. The number of aryl methyl sites for hydroxylation is 3. The third-order valence-electron chi connectivity index (χ3n) is 4.02. The molecule has 1 heterocycles. The van der Waals surface area contributed by atoms with Crippen molar-refractivity contribution in [3.05, 3.63) is 59.2 Å². The SMILES string of the molecule is Cc1ccc2c(c1)N(CCCO)c1ccccc1CC2. The van der Waals surface area contributed by atoms with E-state index < -0.39 is 0 Å². The molecule has 3 rings (SSSR count). The highest BCUT2D eigenvalue weighted by Crippen LogP contribution is 2.36. The number of para-hydroxylation sites is 1. The minimum atomic E-state index is 0.236. The summed E-state index contributed by atoms with van der Waals surface area (Å²) in [5, 5.41) is 9.19. The molecule has 0 spiro atoms. The standard InChI is InChI=1S/C18H21NO/c1-14-7-8-16-10-9-15-5-2-3-6-17(15)19(11-4-12-20)18(16)13-14/h2-3,5-8,13,20H,4,9-12H2,1H3. The Balaban J connectivity index is 2.10. The Bertz CT molecular complexity index is 606. The van der Waals surface area contributed by atoms with E-state index in [4.69, 9.17) is 0 Å². The molecule has 0 saturated heterocycles. The number of fused-ring (bicyclic) bond motifs is 2. The van der Waals surface area contributed by atoms with Crippen LogP contribution < -0.4 is 4.90 Å². The molecule has 1 aliphatic rings. The Kier molecular flexibility index (Phi) is 3.75. The molecule has 1 aliphatic heterocycles. The van der Waals surface area contributed by atoms with Gasteiger partial charge in [0.25, 0.3) is 0 Å². The quantitative estimate of drug-likeness (QED) is 0.918. The molecular formula is C18H21NO. The molecule has 0 saturated carbocycles. The molecule has 0 aromatic heterocycles. The summed E-state index contributed by atoms with van der Waals surface area (Å²) in [6.07, 6.45) is 2.96. The second-order valence-corrected chi connectivity index (χ2v) is 5.49. The van der Waals surface area contributed by atoms with Gasteiger partial charge in [0.05, 0.1) is 0 Å².